The van der Waals surface area contributed by atoms with Gasteiger partial charge in [-0.25, -0.2) is 4.98 Å². The Balaban J connectivity index is 1.46. The van der Waals surface area contributed by atoms with Crippen molar-refractivity contribution >= 4 is 17.7 Å². The Morgan fingerprint density at radius 3 is 2.75 bits per heavy atom. The number of thioether (sulfide) groups is 1. The molecule has 128 valence electrons. The van der Waals surface area contributed by atoms with Gasteiger partial charge in [-0.05, 0) is 25.0 Å². The number of benzene rings is 1. The van der Waals surface area contributed by atoms with E-state index in [-0.39, 0.29) is 12.5 Å². The maximum Gasteiger partial charge on any atom is 0.230 e. The van der Waals surface area contributed by atoms with Crippen LogP contribution >= 0.6 is 11.8 Å². The third-order valence-corrected chi connectivity index (χ3v) is 5.29. The van der Waals surface area contributed by atoms with Crippen molar-refractivity contribution in [1.29, 1.82) is 0 Å². The average Bonchev–Trinajstić information content (AvgIpc) is 3.26. The zero-order chi connectivity index (χ0) is 16.8. The minimum absolute atomic E-state index is 0.0210. The summed E-state index contributed by atoms with van der Waals surface area (Å²) in [6.07, 6.45) is 5.50. The monoisotopic (exact) mass is 346 g/mol. The zero-order valence-corrected chi connectivity index (χ0v) is 14.3. The number of carbonyl (C=O) groups is 1. The Morgan fingerprint density at radius 2 is 2.04 bits per heavy atom. The first-order valence-corrected chi connectivity index (χ1v) is 9.36. The topological polar surface area (TPSA) is 75.4 Å². The average molecular weight is 346 g/mol. The molecule has 0 spiro atoms. The molecule has 0 saturated heterocycles. The summed E-state index contributed by atoms with van der Waals surface area (Å²) in [6, 6.07) is 9.74. The zero-order valence-electron chi connectivity index (χ0n) is 13.5. The second kappa shape index (κ2) is 7.85. The van der Waals surface area contributed by atoms with E-state index in [2.05, 4.69) is 10.3 Å². The van der Waals surface area contributed by atoms with Gasteiger partial charge in [-0.15, -0.1) is 11.8 Å². The Kier molecular flexibility index (Phi) is 5.58. The first-order valence-electron chi connectivity index (χ1n) is 8.20. The highest BCUT2D eigenvalue weighted by Crippen LogP contribution is 2.29. The molecule has 0 radical (unpaired) electrons. The number of rotatable bonds is 7. The van der Waals surface area contributed by atoms with Crippen LogP contribution in [-0.2, 0) is 10.5 Å². The molecule has 1 amide bonds. The van der Waals surface area contributed by atoms with Crippen LogP contribution in [0.2, 0.25) is 0 Å². The number of nitrogens with zero attached hydrogens (tertiary/aromatic N) is 1. The minimum Gasteiger partial charge on any atom is -0.444 e. The molecule has 0 bridgehead atoms. The first kappa shape index (κ1) is 17.0. The van der Waals surface area contributed by atoms with Gasteiger partial charge >= 0.3 is 0 Å². The lowest BCUT2D eigenvalue weighted by Crippen LogP contribution is -2.49. The summed E-state index contributed by atoms with van der Waals surface area (Å²) in [4.78, 5) is 16.5. The summed E-state index contributed by atoms with van der Waals surface area (Å²) in [7, 11) is 0. The smallest absolute Gasteiger partial charge is 0.230 e. The molecule has 1 heterocycles. The summed E-state index contributed by atoms with van der Waals surface area (Å²) < 4.78 is 5.49. The lowest BCUT2D eigenvalue weighted by atomic mass is 9.99. The quantitative estimate of drug-likeness (QED) is 0.806. The minimum atomic E-state index is -0.397. The standard InChI is InChI=1S/C18H22N2O3S/c21-13-18(8-4-5-9-18)20-16(22)12-24-11-15-10-23-17(19-15)14-6-2-1-3-7-14/h1-3,6-7,10,21H,4-5,8-9,11-13H2,(H,20,22). The summed E-state index contributed by atoms with van der Waals surface area (Å²) in [5.41, 5.74) is 1.37. The van der Waals surface area contributed by atoms with Gasteiger partial charge in [-0.1, -0.05) is 31.0 Å². The highest BCUT2D eigenvalue weighted by atomic mass is 32.2. The Labute approximate surface area is 145 Å². The maximum atomic E-state index is 12.1. The third kappa shape index (κ3) is 4.19. The van der Waals surface area contributed by atoms with Crippen molar-refractivity contribution in [1.82, 2.24) is 10.3 Å². The van der Waals surface area contributed by atoms with Crippen LogP contribution in [0, 0.1) is 0 Å². The van der Waals surface area contributed by atoms with Crippen LogP contribution < -0.4 is 5.32 Å². The Hall–Kier alpha value is -1.79. The van der Waals surface area contributed by atoms with Gasteiger partial charge in [0.2, 0.25) is 11.8 Å². The molecule has 1 aromatic carbocycles. The van der Waals surface area contributed by atoms with Crippen LogP contribution in [0.1, 0.15) is 31.4 Å². The highest BCUT2D eigenvalue weighted by molar-refractivity contribution is 7.99. The van der Waals surface area contributed by atoms with Gasteiger partial charge in [0, 0.05) is 11.3 Å². The first-order chi connectivity index (χ1) is 11.7. The molecule has 2 N–H and O–H groups in total. The molecular weight excluding hydrogens is 324 g/mol. The number of aliphatic hydroxyl groups is 1. The van der Waals surface area contributed by atoms with Crippen molar-refractivity contribution in [2.24, 2.45) is 0 Å². The number of aliphatic hydroxyl groups excluding tert-OH is 1. The molecule has 1 aliphatic carbocycles. The van der Waals surface area contributed by atoms with Gasteiger partial charge in [0.1, 0.15) is 6.26 Å². The summed E-state index contributed by atoms with van der Waals surface area (Å²) >= 11 is 1.50. The van der Waals surface area contributed by atoms with Gasteiger partial charge < -0.3 is 14.8 Å². The van der Waals surface area contributed by atoms with Crippen LogP contribution in [0.5, 0.6) is 0 Å². The maximum absolute atomic E-state index is 12.1. The van der Waals surface area contributed by atoms with Crippen molar-refractivity contribution in [3.05, 3.63) is 42.3 Å². The van der Waals surface area contributed by atoms with E-state index in [0.29, 0.717) is 17.4 Å². The number of nitrogens with one attached hydrogen (secondary N) is 1. The molecule has 1 aliphatic rings. The van der Waals surface area contributed by atoms with E-state index in [1.165, 1.54) is 11.8 Å². The molecule has 5 nitrogen and oxygen atoms in total. The van der Waals surface area contributed by atoms with Gasteiger partial charge in [0.05, 0.1) is 23.6 Å². The van der Waals surface area contributed by atoms with Crippen molar-refractivity contribution in [3.63, 3.8) is 0 Å². The fourth-order valence-electron chi connectivity index (χ4n) is 3.04. The van der Waals surface area contributed by atoms with E-state index in [0.717, 1.165) is 36.9 Å². The molecule has 1 aromatic heterocycles. The van der Waals surface area contributed by atoms with Crippen molar-refractivity contribution < 1.29 is 14.3 Å². The molecule has 3 rings (SSSR count). The second-order valence-corrected chi connectivity index (χ2v) is 7.18. The number of aromatic nitrogens is 1. The molecule has 2 aromatic rings. The van der Waals surface area contributed by atoms with Gasteiger partial charge in [-0.2, -0.15) is 0 Å². The lowest BCUT2D eigenvalue weighted by Gasteiger charge is -2.27. The number of oxazole rings is 1. The summed E-state index contributed by atoms with van der Waals surface area (Å²) in [5, 5.41) is 12.5. The number of carbonyl (C=O) groups excluding carboxylic acids is 1. The summed E-state index contributed by atoms with van der Waals surface area (Å²) in [5.74, 6) is 1.55. The highest BCUT2D eigenvalue weighted by Gasteiger charge is 2.34. The SMILES string of the molecule is O=C(CSCc1coc(-c2ccccc2)n1)NC1(CO)CCCC1. The van der Waals surface area contributed by atoms with Crippen LogP contribution in [0.15, 0.2) is 41.0 Å². The van der Waals surface area contributed by atoms with Crippen LogP contribution in [0.25, 0.3) is 11.5 Å². The molecule has 0 atom stereocenters. The van der Waals surface area contributed by atoms with E-state index in [9.17, 15) is 9.90 Å². The fraction of sp³-hybridized carbons (Fsp3) is 0.444. The van der Waals surface area contributed by atoms with Crippen LogP contribution in [0.3, 0.4) is 0 Å². The predicted molar refractivity (Wildman–Crippen MR) is 94.5 cm³/mol. The molecule has 1 saturated carbocycles. The molecule has 1 fully saturated rings. The van der Waals surface area contributed by atoms with Crippen LogP contribution in [0.4, 0.5) is 0 Å². The largest absolute Gasteiger partial charge is 0.444 e. The van der Waals surface area contributed by atoms with Crippen LogP contribution in [-0.4, -0.2) is 33.9 Å². The van der Waals surface area contributed by atoms with E-state index in [1.54, 1.807) is 6.26 Å². The molecule has 0 aliphatic heterocycles. The Morgan fingerprint density at radius 1 is 1.29 bits per heavy atom. The molecular formula is C18H22N2O3S. The number of hydrogen-bond acceptors (Lipinski definition) is 5. The predicted octanol–water partition coefficient (Wildman–Crippen LogP) is 3.00. The third-order valence-electron chi connectivity index (χ3n) is 4.32. The van der Waals surface area contributed by atoms with Crippen molar-refractivity contribution in [3.8, 4) is 11.5 Å². The van der Waals surface area contributed by atoms with E-state index in [4.69, 9.17) is 4.42 Å². The van der Waals surface area contributed by atoms with Gasteiger partial charge in [0.25, 0.3) is 0 Å². The number of hydrogen-bond donors (Lipinski definition) is 2. The fourth-order valence-corrected chi connectivity index (χ4v) is 3.74. The van der Waals surface area contributed by atoms with Gasteiger partial charge in [-0.3, -0.25) is 4.79 Å². The van der Waals surface area contributed by atoms with Gasteiger partial charge in [0.15, 0.2) is 0 Å². The second-order valence-electron chi connectivity index (χ2n) is 6.20. The van der Waals surface area contributed by atoms with E-state index < -0.39 is 5.54 Å². The van der Waals surface area contributed by atoms with Crippen molar-refractivity contribution in [2.45, 2.75) is 37.0 Å². The normalized spacial score (nSPS) is 16.2. The van der Waals surface area contributed by atoms with E-state index >= 15 is 0 Å². The lowest BCUT2D eigenvalue weighted by molar-refractivity contribution is -0.121. The summed E-state index contributed by atoms with van der Waals surface area (Å²) in [6.45, 7) is 0.0210. The molecule has 24 heavy (non-hydrogen) atoms. The molecule has 6 heteroatoms. The van der Waals surface area contributed by atoms with Crippen molar-refractivity contribution in [2.75, 3.05) is 12.4 Å². The molecule has 0 unspecified atom stereocenters. The van der Waals surface area contributed by atoms with E-state index in [1.807, 2.05) is 30.3 Å². The Bertz CT molecular complexity index is 666. The number of amides is 1.